The molecule has 0 aliphatic carbocycles. The Morgan fingerprint density at radius 3 is 2.49 bits per heavy atom. The number of carbonyl (C=O) groups is 2. The molecule has 0 bridgehead atoms. The van der Waals surface area contributed by atoms with Crippen LogP contribution in [0, 0.1) is 5.41 Å². The lowest BCUT2D eigenvalue weighted by Gasteiger charge is -2.45. The van der Waals surface area contributed by atoms with Crippen molar-refractivity contribution in [3.8, 4) is 5.75 Å². The number of carbonyl (C=O) groups excluding carboxylic acids is 2. The van der Waals surface area contributed by atoms with E-state index >= 15 is 0 Å². The van der Waals surface area contributed by atoms with Crippen LogP contribution in [0.3, 0.4) is 0 Å². The van der Waals surface area contributed by atoms with Crippen molar-refractivity contribution in [2.75, 3.05) is 33.3 Å². The van der Waals surface area contributed by atoms with Crippen molar-refractivity contribution in [1.29, 1.82) is 0 Å². The molecule has 1 saturated heterocycles. The lowest BCUT2D eigenvalue weighted by molar-refractivity contribution is -0.135. The number of aryl methyl sites for hydroxylation is 1. The second-order valence-electron chi connectivity index (χ2n) is 10.7. The molecule has 8 heteroatoms. The molecule has 196 valence electrons. The zero-order chi connectivity index (χ0) is 26.2. The molecule has 2 amide bonds. The van der Waals surface area contributed by atoms with Gasteiger partial charge >= 0.3 is 0 Å². The van der Waals surface area contributed by atoms with Crippen molar-refractivity contribution in [3.63, 3.8) is 0 Å². The SMILES string of the molecule is CN1CC2(CCN(C(=O)c3cn(C)c4ccccc34)CC2)C[C@@H](O)[C@@H](O)Cc2ccccc2OCC1=O. The summed E-state index contributed by atoms with van der Waals surface area (Å²) in [6.07, 6.45) is 1.81. The fourth-order valence-electron chi connectivity index (χ4n) is 5.89. The maximum absolute atomic E-state index is 13.5. The van der Waals surface area contributed by atoms with Gasteiger partial charge in [0.25, 0.3) is 11.8 Å². The van der Waals surface area contributed by atoms with Gasteiger partial charge in [-0.05, 0) is 42.4 Å². The minimum Gasteiger partial charge on any atom is -0.483 e. The van der Waals surface area contributed by atoms with E-state index in [0.29, 0.717) is 50.2 Å². The number of rotatable bonds is 1. The van der Waals surface area contributed by atoms with Gasteiger partial charge in [0.1, 0.15) is 5.75 Å². The van der Waals surface area contributed by atoms with Gasteiger partial charge in [-0.15, -0.1) is 0 Å². The second-order valence-corrected chi connectivity index (χ2v) is 10.7. The predicted octanol–water partition coefficient (Wildman–Crippen LogP) is 2.61. The zero-order valence-corrected chi connectivity index (χ0v) is 21.5. The summed E-state index contributed by atoms with van der Waals surface area (Å²) in [5.41, 5.74) is 2.04. The highest BCUT2D eigenvalue weighted by Crippen LogP contribution is 2.39. The van der Waals surface area contributed by atoms with Gasteiger partial charge in [-0.1, -0.05) is 36.4 Å². The summed E-state index contributed by atoms with van der Waals surface area (Å²) in [5, 5.41) is 22.9. The third kappa shape index (κ3) is 5.08. The monoisotopic (exact) mass is 505 g/mol. The molecular formula is C29H35N3O5. The van der Waals surface area contributed by atoms with E-state index in [0.717, 1.165) is 16.5 Å². The van der Waals surface area contributed by atoms with E-state index in [2.05, 4.69) is 0 Å². The van der Waals surface area contributed by atoms with E-state index in [1.54, 1.807) is 18.0 Å². The molecule has 8 nitrogen and oxygen atoms in total. The van der Waals surface area contributed by atoms with Gasteiger partial charge < -0.3 is 29.3 Å². The van der Waals surface area contributed by atoms with Crippen molar-refractivity contribution < 1.29 is 24.5 Å². The highest BCUT2D eigenvalue weighted by Gasteiger charge is 2.41. The maximum Gasteiger partial charge on any atom is 0.260 e. The number of hydrogen-bond donors (Lipinski definition) is 2. The van der Waals surface area contributed by atoms with Crippen LogP contribution < -0.4 is 4.74 Å². The fourth-order valence-corrected chi connectivity index (χ4v) is 5.89. The van der Waals surface area contributed by atoms with Crippen LogP contribution in [-0.4, -0.2) is 81.9 Å². The first-order valence-electron chi connectivity index (χ1n) is 12.9. The first-order valence-corrected chi connectivity index (χ1v) is 12.9. The van der Waals surface area contributed by atoms with Crippen molar-refractivity contribution in [1.82, 2.24) is 14.4 Å². The number of fused-ring (bicyclic) bond motifs is 2. The normalized spacial score (nSPS) is 22.8. The summed E-state index contributed by atoms with van der Waals surface area (Å²) in [6, 6.07) is 15.2. The molecule has 2 atom stereocenters. The number of likely N-dealkylation sites (tertiary alicyclic amines) is 1. The first kappa shape index (κ1) is 25.3. The van der Waals surface area contributed by atoms with Crippen molar-refractivity contribution >= 4 is 22.7 Å². The Balaban J connectivity index is 1.35. The molecule has 3 heterocycles. The average Bonchev–Trinajstić information content (AvgIpc) is 3.24. The zero-order valence-electron chi connectivity index (χ0n) is 21.5. The van der Waals surface area contributed by atoms with Crippen LogP contribution >= 0.6 is 0 Å². The van der Waals surface area contributed by atoms with Crippen molar-refractivity contribution in [3.05, 3.63) is 65.9 Å². The second kappa shape index (κ2) is 10.2. The molecule has 3 aromatic rings. The number of para-hydroxylation sites is 2. The van der Waals surface area contributed by atoms with Crippen molar-refractivity contribution in [2.24, 2.45) is 12.5 Å². The minimum atomic E-state index is -0.962. The number of aliphatic hydroxyl groups excluding tert-OH is 2. The molecule has 0 unspecified atom stereocenters. The summed E-state index contributed by atoms with van der Waals surface area (Å²) in [7, 11) is 3.69. The van der Waals surface area contributed by atoms with E-state index < -0.39 is 17.6 Å². The lowest BCUT2D eigenvalue weighted by atomic mass is 9.72. The Morgan fingerprint density at radius 1 is 1.00 bits per heavy atom. The van der Waals surface area contributed by atoms with E-state index in [4.69, 9.17) is 4.74 Å². The van der Waals surface area contributed by atoms with Gasteiger partial charge in [-0.25, -0.2) is 0 Å². The number of hydrogen-bond acceptors (Lipinski definition) is 5. The van der Waals surface area contributed by atoms with Gasteiger partial charge in [0.05, 0.1) is 17.8 Å². The number of piperidine rings is 1. The van der Waals surface area contributed by atoms with Crippen LogP contribution in [0.4, 0.5) is 0 Å². The third-order valence-electron chi connectivity index (χ3n) is 8.08. The van der Waals surface area contributed by atoms with Crippen molar-refractivity contribution in [2.45, 2.75) is 37.9 Å². The number of aromatic nitrogens is 1. The molecule has 2 aromatic carbocycles. The Kier molecular flexibility index (Phi) is 6.96. The fraction of sp³-hybridized carbons (Fsp3) is 0.448. The topological polar surface area (TPSA) is 95.2 Å². The van der Waals surface area contributed by atoms with Gasteiger partial charge in [-0.2, -0.15) is 0 Å². The number of likely N-dealkylation sites (N-methyl/N-ethyl adjacent to an activating group) is 1. The van der Waals surface area contributed by atoms with E-state index in [1.807, 2.05) is 65.2 Å². The summed E-state index contributed by atoms with van der Waals surface area (Å²) in [6.45, 7) is 1.38. The number of ether oxygens (including phenoxy) is 1. The van der Waals surface area contributed by atoms with Gasteiger partial charge in [0.2, 0.25) is 0 Å². The minimum absolute atomic E-state index is 0.00479. The van der Waals surface area contributed by atoms with E-state index in [1.165, 1.54) is 0 Å². The van der Waals surface area contributed by atoms with Crippen LogP contribution in [0.15, 0.2) is 54.7 Å². The Bertz CT molecular complexity index is 1290. The van der Waals surface area contributed by atoms with Crippen LogP contribution in [0.2, 0.25) is 0 Å². The highest BCUT2D eigenvalue weighted by atomic mass is 16.5. The molecule has 0 saturated carbocycles. The summed E-state index contributed by atoms with van der Waals surface area (Å²) in [5.74, 6) is 0.403. The lowest BCUT2D eigenvalue weighted by Crippen LogP contribution is -2.51. The van der Waals surface area contributed by atoms with Gasteiger partial charge in [0, 0.05) is 57.3 Å². The molecule has 2 aliphatic rings. The maximum atomic E-state index is 13.5. The summed E-state index contributed by atoms with van der Waals surface area (Å²) >= 11 is 0. The highest BCUT2D eigenvalue weighted by molar-refractivity contribution is 6.07. The molecule has 1 fully saturated rings. The van der Waals surface area contributed by atoms with E-state index in [9.17, 15) is 19.8 Å². The summed E-state index contributed by atoms with van der Waals surface area (Å²) in [4.78, 5) is 29.9. The molecule has 1 spiro atoms. The van der Waals surface area contributed by atoms with Crippen LogP contribution in [0.25, 0.3) is 10.9 Å². The van der Waals surface area contributed by atoms with E-state index in [-0.39, 0.29) is 24.8 Å². The third-order valence-corrected chi connectivity index (χ3v) is 8.08. The Labute approximate surface area is 217 Å². The first-order chi connectivity index (χ1) is 17.8. The van der Waals surface area contributed by atoms with Gasteiger partial charge in [0.15, 0.2) is 6.61 Å². The predicted molar refractivity (Wildman–Crippen MR) is 140 cm³/mol. The largest absolute Gasteiger partial charge is 0.483 e. The molecule has 1 aromatic heterocycles. The smallest absolute Gasteiger partial charge is 0.260 e. The number of amides is 2. The molecule has 37 heavy (non-hydrogen) atoms. The van der Waals surface area contributed by atoms with Crippen LogP contribution in [0.5, 0.6) is 5.75 Å². The van der Waals surface area contributed by atoms with Crippen LogP contribution in [0.1, 0.15) is 35.2 Å². The number of benzene rings is 2. The average molecular weight is 506 g/mol. The molecule has 2 N–H and O–H groups in total. The molecule has 2 aliphatic heterocycles. The Hall–Kier alpha value is -3.36. The number of aliphatic hydroxyl groups is 2. The Morgan fingerprint density at radius 2 is 1.70 bits per heavy atom. The molecule has 0 radical (unpaired) electrons. The number of nitrogens with zero attached hydrogens (tertiary/aromatic N) is 3. The summed E-state index contributed by atoms with van der Waals surface area (Å²) < 4.78 is 7.77. The molecular weight excluding hydrogens is 470 g/mol. The van der Waals surface area contributed by atoms with Gasteiger partial charge in [-0.3, -0.25) is 9.59 Å². The van der Waals surface area contributed by atoms with Crippen LogP contribution in [-0.2, 0) is 18.3 Å². The quantitative estimate of drug-likeness (QED) is 0.530. The molecule has 5 rings (SSSR count). The standard InChI is InChI=1S/C29H35N3O5/c1-30-17-22(21-8-4-5-9-23(21)30)28(36)32-13-11-29(12-14-32)16-25(34)24(33)15-20-7-3-6-10-26(20)37-18-27(35)31(2)19-29/h3-10,17,24-25,33-34H,11-16,18-19H2,1-2H3/t24-,25+/m0/s1.